The highest BCUT2D eigenvalue weighted by atomic mass is 32.2. The van der Waals surface area contributed by atoms with Crippen LogP contribution in [0.1, 0.15) is 21.5 Å². The quantitative estimate of drug-likeness (QED) is 0.356. The smallest absolute Gasteiger partial charge is 0.339 e. The third kappa shape index (κ3) is 4.92. The Hall–Kier alpha value is -3.18. The van der Waals surface area contributed by atoms with Gasteiger partial charge in [0.1, 0.15) is 10.6 Å². The van der Waals surface area contributed by atoms with Gasteiger partial charge in [-0.05, 0) is 42.8 Å². The van der Waals surface area contributed by atoms with Crippen LogP contribution in [0.4, 0.5) is 0 Å². The minimum atomic E-state index is -3.88. The van der Waals surface area contributed by atoms with E-state index in [-0.39, 0.29) is 16.4 Å². The fraction of sp³-hybridized carbons (Fsp3) is 0.0455. The third-order valence-corrected chi connectivity index (χ3v) is 5.14. The highest BCUT2D eigenvalue weighted by Crippen LogP contribution is 2.20. The molecular weight excluding hydrogens is 360 g/mol. The molecule has 0 radical (unpaired) electrons. The summed E-state index contributed by atoms with van der Waals surface area (Å²) in [5.41, 5.74) is 2.34. The third-order valence-electron chi connectivity index (χ3n) is 3.88. The van der Waals surface area contributed by atoms with Crippen LogP contribution >= 0.6 is 0 Å². The molecule has 0 aliphatic heterocycles. The predicted octanol–water partition coefficient (Wildman–Crippen LogP) is 4.66. The van der Waals surface area contributed by atoms with Crippen LogP contribution in [0.25, 0.3) is 6.08 Å². The van der Waals surface area contributed by atoms with Crippen molar-refractivity contribution in [2.24, 2.45) is 0 Å². The second kappa shape index (κ2) is 8.01. The molecule has 5 heteroatoms. The maximum Gasteiger partial charge on any atom is 0.339 e. The molecule has 0 saturated heterocycles. The standard InChI is InChI=1S/C22H18O4S/c1-17-7-14-21(15-8-17)27(24,25)26-20-12-9-18(10-13-20)11-16-22(23)19-5-3-2-4-6-19/h2-16H,1H3/b16-11+. The summed E-state index contributed by atoms with van der Waals surface area (Å²) in [7, 11) is -3.88. The summed E-state index contributed by atoms with van der Waals surface area (Å²) in [5.74, 6) is 0.111. The minimum absolute atomic E-state index is 0.0992. The van der Waals surface area contributed by atoms with Crippen LogP contribution in [0, 0.1) is 6.92 Å². The number of hydrogen-bond acceptors (Lipinski definition) is 4. The monoisotopic (exact) mass is 378 g/mol. The van der Waals surface area contributed by atoms with Crippen molar-refractivity contribution in [2.45, 2.75) is 11.8 Å². The molecule has 0 N–H and O–H groups in total. The van der Waals surface area contributed by atoms with Crippen LogP contribution in [-0.4, -0.2) is 14.2 Å². The number of rotatable bonds is 6. The highest BCUT2D eigenvalue weighted by Gasteiger charge is 2.16. The van der Waals surface area contributed by atoms with Crippen molar-refractivity contribution in [3.05, 3.63) is 102 Å². The van der Waals surface area contributed by atoms with E-state index in [9.17, 15) is 13.2 Å². The molecule has 0 aliphatic rings. The summed E-state index contributed by atoms with van der Waals surface area (Å²) >= 11 is 0. The van der Waals surface area contributed by atoms with Gasteiger partial charge in [-0.3, -0.25) is 4.79 Å². The average Bonchev–Trinajstić information content (AvgIpc) is 2.68. The summed E-state index contributed by atoms with van der Waals surface area (Å²) in [5, 5.41) is 0. The normalized spacial score (nSPS) is 11.4. The predicted molar refractivity (Wildman–Crippen MR) is 105 cm³/mol. The molecular formula is C22H18O4S. The molecule has 0 aliphatic carbocycles. The Balaban J connectivity index is 1.69. The first-order chi connectivity index (χ1) is 12.9. The van der Waals surface area contributed by atoms with E-state index >= 15 is 0 Å². The van der Waals surface area contributed by atoms with E-state index in [2.05, 4.69) is 0 Å². The van der Waals surface area contributed by atoms with Crippen LogP contribution in [0.3, 0.4) is 0 Å². The Bertz CT molecular complexity index is 1050. The Morgan fingerprint density at radius 3 is 2.11 bits per heavy atom. The van der Waals surface area contributed by atoms with Gasteiger partial charge < -0.3 is 4.18 Å². The van der Waals surface area contributed by atoms with Gasteiger partial charge in [-0.2, -0.15) is 8.42 Å². The van der Waals surface area contributed by atoms with Gasteiger partial charge in [-0.1, -0.05) is 66.2 Å². The van der Waals surface area contributed by atoms with Gasteiger partial charge in [0.25, 0.3) is 0 Å². The summed E-state index contributed by atoms with van der Waals surface area (Å²) in [6.45, 7) is 1.88. The molecule has 4 nitrogen and oxygen atoms in total. The maximum atomic E-state index is 12.3. The van der Waals surface area contributed by atoms with Gasteiger partial charge in [0.05, 0.1) is 0 Å². The van der Waals surface area contributed by atoms with Crippen molar-refractivity contribution in [3.8, 4) is 5.75 Å². The summed E-state index contributed by atoms with van der Waals surface area (Å²) in [4.78, 5) is 12.2. The van der Waals surface area contributed by atoms with Crippen molar-refractivity contribution >= 4 is 22.0 Å². The van der Waals surface area contributed by atoms with Crippen molar-refractivity contribution in [1.29, 1.82) is 0 Å². The molecule has 0 aromatic heterocycles. The van der Waals surface area contributed by atoms with Gasteiger partial charge in [-0.25, -0.2) is 0 Å². The zero-order chi connectivity index (χ0) is 19.3. The van der Waals surface area contributed by atoms with Crippen LogP contribution < -0.4 is 4.18 Å². The SMILES string of the molecule is Cc1ccc(S(=O)(=O)Oc2ccc(/C=C/C(=O)c3ccccc3)cc2)cc1. The zero-order valence-corrected chi connectivity index (χ0v) is 15.5. The molecule has 0 unspecified atom stereocenters. The van der Waals surface area contributed by atoms with Gasteiger partial charge in [0.2, 0.25) is 0 Å². The Morgan fingerprint density at radius 1 is 0.852 bits per heavy atom. The fourth-order valence-electron chi connectivity index (χ4n) is 2.38. The molecule has 0 heterocycles. The Labute approximate surface area is 158 Å². The first-order valence-corrected chi connectivity index (χ1v) is 9.73. The molecule has 3 aromatic carbocycles. The van der Waals surface area contributed by atoms with Gasteiger partial charge in [0, 0.05) is 5.56 Å². The first kappa shape index (κ1) is 18.6. The van der Waals surface area contributed by atoms with E-state index in [4.69, 9.17) is 4.18 Å². The van der Waals surface area contributed by atoms with Gasteiger partial charge in [0.15, 0.2) is 5.78 Å². The fourth-order valence-corrected chi connectivity index (χ4v) is 3.31. The zero-order valence-electron chi connectivity index (χ0n) is 14.7. The molecule has 0 saturated carbocycles. The maximum absolute atomic E-state index is 12.3. The lowest BCUT2D eigenvalue weighted by atomic mass is 10.1. The van der Waals surface area contributed by atoms with Crippen molar-refractivity contribution < 1.29 is 17.4 Å². The number of benzene rings is 3. The van der Waals surface area contributed by atoms with E-state index < -0.39 is 10.1 Å². The van der Waals surface area contributed by atoms with Crippen LogP contribution in [-0.2, 0) is 10.1 Å². The number of allylic oxidation sites excluding steroid dienone is 1. The topological polar surface area (TPSA) is 60.4 Å². The largest absolute Gasteiger partial charge is 0.379 e. The summed E-state index contributed by atoms with van der Waals surface area (Å²) in [6.07, 6.45) is 3.15. The lowest BCUT2D eigenvalue weighted by Gasteiger charge is -2.07. The van der Waals surface area contributed by atoms with Gasteiger partial charge in [-0.15, -0.1) is 0 Å². The van der Waals surface area contributed by atoms with Crippen LogP contribution in [0.15, 0.2) is 89.8 Å². The lowest BCUT2D eigenvalue weighted by molar-refractivity contribution is 0.104. The Kier molecular flexibility index (Phi) is 5.52. The van der Waals surface area contributed by atoms with E-state index in [1.807, 2.05) is 25.1 Å². The van der Waals surface area contributed by atoms with E-state index in [0.717, 1.165) is 11.1 Å². The van der Waals surface area contributed by atoms with E-state index in [0.29, 0.717) is 5.56 Å². The van der Waals surface area contributed by atoms with E-state index in [1.54, 1.807) is 54.6 Å². The number of aryl methyl sites for hydroxylation is 1. The summed E-state index contributed by atoms with van der Waals surface area (Å²) < 4.78 is 29.7. The second-order valence-electron chi connectivity index (χ2n) is 5.98. The molecule has 136 valence electrons. The molecule has 0 bridgehead atoms. The number of carbonyl (C=O) groups is 1. The van der Waals surface area contributed by atoms with Gasteiger partial charge >= 0.3 is 10.1 Å². The van der Waals surface area contributed by atoms with Crippen LogP contribution in [0.5, 0.6) is 5.75 Å². The summed E-state index contributed by atoms with van der Waals surface area (Å²) in [6, 6.07) is 21.9. The Morgan fingerprint density at radius 2 is 1.48 bits per heavy atom. The van der Waals surface area contributed by atoms with Crippen molar-refractivity contribution in [1.82, 2.24) is 0 Å². The molecule has 3 aromatic rings. The highest BCUT2D eigenvalue weighted by molar-refractivity contribution is 7.87. The van der Waals surface area contributed by atoms with Crippen molar-refractivity contribution in [3.63, 3.8) is 0 Å². The van der Waals surface area contributed by atoms with E-state index in [1.165, 1.54) is 18.2 Å². The molecule has 0 amide bonds. The number of carbonyl (C=O) groups excluding carboxylic acids is 1. The molecule has 3 rings (SSSR count). The molecule has 0 atom stereocenters. The number of hydrogen-bond donors (Lipinski definition) is 0. The lowest BCUT2D eigenvalue weighted by Crippen LogP contribution is -2.09. The molecule has 0 fully saturated rings. The van der Waals surface area contributed by atoms with Crippen LogP contribution in [0.2, 0.25) is 0 Å². The second-order valence-corrected chi connectivity index (χ2v) is 7.53. The minimum Gasteiger partial charge on any atom is -0.379 e. The first-order valence-electron chi connectivity index (χ1n) is 8.33. The van der Waals surface area contributed by atoms with Crippen molar-refractivity contribution in [2.75, 3.05) is 0 Å². The molecule has 0 spiro atoms. The average molecular weight is 378 g/mol. The molecule has 27 heavy (non-hydrogen) atoms. The number of ketones is 1.